The Hall–Kier alpha value is -1.95. The van der Waals surface area contributed by atoms with Crippen LogP contribution in [0.1, 0.15) is 24.2 Å². The molecule has 1 atom stereocenters. The van der Waals surface area contributed by atoms with Crippen molar-refractivity contribution in [3.63, 3.8) is 0 Å². The molecule has 0 radical (unpaired) electrons. The van der Waals surface area contributed by atoms with Gasteiger partial charge in [-0.05, 0) is 24.7 Å². The lowest BCUT2D eigenvalue weighted by atomic mass is 10.0. The molecule has 1 unspecified atom stereocenters. The van der Waals surface area contributed by atoms with Crippen molar-refractivity contribution in [3.05, 3.63) is 41.5 Å². The van der Waals surface area contributed by atoms with Crippen molar-refractivity contribution in [2.45, 2.75) is 13.0 Å². The SMILES string of the molecule is CCNC(c1cn[nH]n1)c1cc(F)ccc1OC. The smallest absolute Gasteiger partial charge is 0.124 e. The Labute approximate surface area is 104 Å². The van der Waals surface area contributed by atoms with Crippen LogP contribution in [0.3, 0.4) is 0 Å². The number of hydrogen-bond donors (Lipinski definition) is 2. The van der Waals surface area contributed by atoms with Crippen LogP contribution in [0.5, 0.6) is 5.75 Å². The first kappa shape index (κ1) is 12.5. The standard InChI is InChI=1S/C12H15FN4O/c1-3-14-12(10-7-15-17-16-10)9-6-8(13)4-5-11(9)18-2/h4-7,12,14H,3H2,1-2H3,(H,15,16,17). The maximum Gasteiger partial charge on any atom is 0.124 e. The average molecular weight is 250 g/mol. The fraction of sp³-hybridized carbons (Fsp3) is 0.333. The summed E-state index contributed by atoms with van der Waals surface area (Å²) in [5.41, 5.74) is 1.40. The molecule has 18 heavy (non-hydrogen) atoms. The van der Waals surface area contributed by atoms with Gasteiger partial charge in [0, 0.05) is 5.56 Å². The lowest BCUT2D eigenvalue weighted by molar-refractivity contribution is 0.402. The molecule has 2 N–H and O–H groups in total. The summed E-state index contributed by atoms with van der Waals surface area (Å²) in [6.45, 7) is 2.69. The molecule has 0 aliphatic heterocycles. The summed E-state index contributed by atoms with van der Waals surface area (Å²) in [7, 11) is 1.56. The topological polar surface area (TPSA) is 62.8 Å². The van der Waals surface area contributed by atoms with Gasteiger partial charge in [-0.2, -0.15) is 15.4 Å². The van der Waals surface area contributed by atoms with Crippen LogP contribution < -0.4 is 10.1 Å². The molecule has 0 saturated heterocycles. The number of benzene rings is 1. The van der Waals surface area contributed by atoms with Crippen LogP contribution in [0.2, 0.25) is 0 Å². The molecule has 0 bridgehead atoms. The summed E-state index contributed by atoms with van der Waals surface area (Å²) in [6.07, 6.45) is 1.61. The summed E-state index contributed by atoms with van der Waals surface area (Å²) in [5, 5.41) is 13.6. The fourth-order valence-corrected chi connectivity index (χ4v) is 1.86. The largest absolute Gasteiger partial charge is 0.496 e. The van der Waals surface area contributed by atoms with E-state index in [4.69, 9.17) is 4.74 Å². The number of halogens is 1. The first-order chi connectivity index (χ1) is 8.76. The van der Waals surface area contributed by atoms with Crippen molar-refractivity contribution in [3.8, 4) is 5.75 Å². The van der Waals surface area contributed by atoms with E-state index in [1.807, 2.05) is 6.92 Å². The molecular formula is C12H15FN4O. The quantitative estimate of drug-likeness (QED) is 0.847. The second-order valence-electron chi connectivity index (χ2n) is 3.77. The Morgan fingerprint density at radius 1 is 1.50 bits per heavy atom. The van der Waals surface area contributed by atoms with Gasteiger partial charge in [0.25, 0.3) is 0 Å². The molecule has 6 heteroatoms. The number of H-pyrrole nitrogens is 1. The van der Waals surface area contributed by atoms with Gasteiger partial charge in [-0.3, -0.25) is 0 Å². The molecule has 0 aliphatic carbocycles. The van der Waals surface area contributed by atoms with E-state index in [0.717, 1.165) is 6.54 Å². The van der Waals surface area contributed by atoms with E-state index in [0.29, 0.717) is 17.0 Å². The van der Waals surface area contributed by atoms with Crippen molar-refractivity contribution >= 4 is 0 Å². The Morgan fingerprint density at radius 2 is 2.33 bits per heavy atom. The maximum absolute atomic E-state index is 13.4. The Morgan fingerprint density at radius 3 is 2.94 bits per heavy atom. The number of rotatable bonds is 5. The van der Waals surface area contributed by atoms with Crippen molar-refractivity contribution in [2.75, 3.05) is 13.7 Å². The van der Waals surface area contributed by atoms with Crippen LogP contribution in [-0.2, 0) is 0 Å². The highest BCUT2D eigenvalue weighted by molar-refractivity contribution is 5.39. The lowest BCUT2D eigenvalue weighted by Crippen LogP contribution is -2.23. The van der Waals surface area contributed by atoms with E-state index in [1.165, 1.54) is 12.1 Å². The van der Waals surface area contributed by atoms with E-state index in [1.54, 1.807) is 19.4 Å². The minimum atomic E-state index is -0.308. The zero-order valence-electron chi connectivity index (χ0n) is 10.3. The predicted octanol–water partition coefficient (Wildman–Crippen LogP) is 1.65. The number of aromatic nitrogens is 3. The lowest BCUT2D eigenvalue weighted by Gasteiger charge is -2.18. The first-order valence-corrected chi connectivity index (χ1v) is 5.68. The van der Waals surface area contributed by atoms with E-state index >= 15 is 0 Å². The average Bonchev–Trinajstić information content (AvgIpc) is 2.89. The minimum absolute atomic E-state index is 0.251. The summed E-state index contributed by atoms with van der Waals surface area (Å²) >= 11 is 0. The normalized spacial score (nSPS) is 12.4. The van der Waals surface area contributed by atoms with E-state index in [9.17, 15) is 4.39 Å². The number of nitrogens with one attached hydrogen (secondary N) is 2. The molecule has 1 aromatic carbocycles. The zero-order valence-corrected chi connectivity index (χ0v) is 10.3. The van der Waals surface area contributed by atoms with Gasteiger partial charge in [0.05, 0.1) is 19.3 Å². The summed E-state index contributed by atoms with van der Waals surface area (Å²) in [4.78, 5) is 0. The minimum Gasteiger partial charge on any atom is -0.496 e. The number of ether oxygens (including phenoxy) is 1. The summed E-state index contributed by atoms with van der Waals surface area (Å²) in [6, 6.07) is 4.17. The molecular weight excluding hydrogens is 235 g/mol. The van der Waals surface area contributed by atoms with Crippen molar-refractivity contribution in [2.24, 2.45) is 0 Å². The van der Waals surface area contributed by atoms with Crippen LogP contribution in [0.15, 0.2) is 24.4 Å². The van der Waals surface area contributed by atoms with Crippen LogP contribution in [0.25, 0.3) is 0 Å². The first-order valence-electron chi connectivity index (χ1n) is 5.68. The second kappa shape index (κ2) is 5.59. The van der Waals surface area contributed by atoms with Crippen LogP contribution in [0.4, 0.5) is 4.39 Å². The number of aromatic amines is 1. The monoisotopic (exact) mass is 250 g/mol. The highest BCUT2D eigenvalue weighted by Gasteiger charge is 2.20. The van der Waals surface area contributed by atoms with Crippen LogP contribution in [0, 0.1) is 5.82 Å². The molecule has 1 aromatic heterocycles. The van der Waals surface area contributed by atoms with Gasteiger partial charge in [0.1, 0.15) is 17.3 Å². The molecule has 0 saturated carbocycles. The Bertz CT molecular complexity index is 501. The van der Waals surface area contributed by atoms with Gasteiger partial charge in [-0.25, -0.2) is 4.39 Å². The highest BCUT2D eigenvalue weighted by atomic mass is 19.1. The Kier molecular flexibility index (Phi) is 3.88. The second-order valence-corrected chi connectivity index (χ2v) is 3.77. The third kappa shape index (κ3) is 2.48. The van der Waals surface area contributed by atoms with Gasteiger partial charge in [-0.15, -0.1) is 0 Å². The molecule has 2 aromatic rings. The molecule has 2 rings (SSSR count). The van der Waals surface area contributed by atoms with Crippen molar-refractivity contribution < 1.29 is 9.13 Å². The van der Waals surface area contributed by atoms with E-state index in [-0.39, 0.29) is 11.9 Å². The summed E-state index contributed by atoms with van der Waals surface area (Å²) < 4.78 is 18.7. The number of nitrogens with zero attached hydrogens (tertiary/aromatic N) is 2. The molecule has 0 spiro atoms. The van der Waals surface area contributed by atoms with E-state index < -0.39 is 0 Å². The van der Waals surface area contributed by atoms with E-state index in [2.05, 4.69) is 20.7 Å². The third-order valence-electron chi connectivity index (χ3n) is 2.64. The molecule has 5 nitrogen and oxygen atoms in total. The molecule has 0 amide bonds. The van der Waals surface area contributed by atoms with Crippen LogP contribution in [-0.4, -0.2) is 29.1 Å². The van der Waals surface area contributed by atoms with Crippen LogP contribution >= 0.6 is 0 Å². The Balaban J connectivity index is 2.45. The van der Waals surface area contributed by atoms with Gasteiger partial charge in [0.15, 0.2) is 0 Å². The van der Waals surface area contributed by atoms with Gasteiger partial charge in [0.2, 0.25) is 0 Å². The fourth-order valence-electron chi connectivity index (χ4n) is 1.86. The molecule has 0 aliphatic rings. The summed E-state index contributed by atoms with van der Waals surface area (Å²) in [5.74, 6) is 0.308. The van der Waals surface area contributed by atoms with Crippen molar-refractivity contribution in [1.29, 1.82) is 0 Å². The van der Waals surface area contributed by atoms with Gasteiger partial charge < -0.3 is 10.1 Å². The number of hydrogen-bond acceptors (Lipinski definition) is 4. The highest BCUT2D eigenvalue weighted by Crippen LogP contribution is 2.29. The molecule has 0 fully saturated rings. The van der Waals surface area contributed by atoms with Gasteiger partial charge >= 0.3 is 0 Å². The number of methoxy groups -OCH3 is 1. The zero-order chi connectivity index (χ0) is 13.0. The third-order valence-corrected chi connectivity index (χ3v) is 2.64. The van der Waals surface area contributed by atoms with Gasteiger partial charge in [-0.1, -0.05) is 6.92 Å². The molecule has 96 valence electrons. The molecule has 1 heterocycles. The predicted molar refractivity (Wildman–Crippen MR) is 64.9 cm³/mol. The maximum atomic E-state index is 13.4. The van der Waals surface area contributed by atoms with Crippen molar-refractivity contribution in [1.82, 2.24) is 20.7 Å².